The van der Waals surface area contributed by atoms with Gasteiger partial charge in [-0.1, -0.05) is 26.0 Å². The summed E-state index contributed by atoms with van der Waals surface area (Å²) in [6, 6.07) is 6.92. The molecule has 166 valence electrons. The van der Waals surface area contributed by atoms with Crippen molar-refractivity contribution in [1.82, 2.24) is 0 Å². The van der Waals surface area contributed by atoms with Gasteiger partial charge in [0.1, 0.15) is 0 Å². The highest BCUT2D eigenvalue weighted by molar-refractivity contribution is 6.08. The second kappa shape index (κ2) is 8.30. The van der Waals surface area contributed by atoms with Crippen molar-refractivity contribution < 1.29 is 9.53 Å². The Balaban J connectivity index is 1.41. The molecule has 30 heavy (non-hydrogen) atoms. The van der Waals surface area contributed by atoms with Crippen LogP contribution in [0.25, 0.3) is 0 Å². The second-order valence-corrected chi connectivity index (χ2v) is 11.1. The van der Waals surface area contributed by atoms with Gasteiger partial charge in [-0.25, -0.2) is 0 Å². The Morgan fingerprint density at radius 2 is 1.70 bits per heavy atom. The molecule has 0 N–H and O–H groups in total. The van der Waals surface area contributed by atoms with E-state index in [-0.39, 0.29) is 0 Å². The van der Waals surface area contributed by atoms with Gasteiger partial charge in [0.15, 0.2) is 0 Å². The summed E-state index contributed by atoms with van der Waals surface area (Å²) in [6.45, 7) is 11.9. The van der Waals surface area contributed by atoms with Gasteiger partial charge in [-0.3, -0.25) is 4.79 Å². The number of nitrogens with zero attached hydrogens (tertiary/aromatic N) is 1. The van der Waals surface area contributed by atoms with Crippen LogP contribution in [0.5, 0.6) is 0 Å². The molecule has 1 heterocycles. The minimum atomic E-state index is -0.400. The Morgan fingerprint density at radius 3 is 2.33 bits per heavy atom. The maximum absolute atomic E-state index is 13.4. The lowest BCUT2D eigenvalue weighted by molar-refractivity contribution is -0.122. The molecule has 0 atom stereocenters. The molecule has 2 saturated carbocycles. The standard InChI is InChI=1S/C27H41NO2/c1-6-17-30-22-13-15-27(5,16-14-22)20-8-10-21(11-9-20)28-24-18-19(2)7-12-23(24)26(3,4)25(28)29/h7,12,18,20-22H,6,8-11,13-17H2,1-5H3/t20?,21?,22-,27-. The van der Waals surface area contributed by atoms with Crippen molar-refractivity contribution in [3.8, 4) is 0 Å². The molecule has 4 rings (SSSR count). The molecule has 1 aromatic carbocycles. The van der Waals surface area contributed by atoms with E-state index in [4.69, 9.17) is 4.74 Å². The molecule has 0 bridgehead atoms. The van der Waals surface area contributed by atoms with Crippen LogP contribution in [-0.4, -0.2) is 24.7 Å². The van der Waals surface area contributed by atoms with E-state index in [2.05, 4.69) is 57.7 Å². The summed E-state index contributed by atoms with van der Waals surface area (Å²) in [5.74, 6) is 1.09. The number of carbonyl (C=O) groups excluding carboxylic acids is 1. The number of ether oxygens (including phenoxy) is 1. The average Bonchev–Trinajstić information content (AvgIpc) is 2.93. The van der Waals surface area contributed by atoms with E-state index in [9.17, 15) is 4.79 Å². The van der Waals surface area contributed by atoms with Crippen LogP contribution in [0, 0.1) is 18.3 Å². The van der Waals surface area contributed by atoms with Crippen molar-refractivity contribution in [2.75, 3.05) is 11.5 Å². The fourth-order valence-corrected chi connectivity index (χ4v) is 6.40. The van der Waals surface area contributed by atoms with Gasteiger partial charge < -0.3 is 9.64 Å². The first-order chi connectivity index (χ1) is 14.3. The minimum absolute atomic E-state index is 0.298. The maximum Gasteiger partial charge on any atom is 0.237 e. The maximum atomic E-state index is 13.4. The number of rotatable bonds is 5. The van der Waals surface area contributed by atoms with Gasteiger partial charge in [-0.05, 0) is 107 Å². The van der Waals surface area contributed by atoms with Crippen molar-refractivity contribution in [3.05, 3.63) is 29.3 Å². The third kappa shape index (κ3) is 3.83. The zero-order valence-corrected chi connectivity index (χ0v) is 19.8. The van der Waals surface area contributed by atoms with Gasteiger partial charge in [0.2, 0.25) is 5.91 Å². The van der Waals surface area contributed by atoms with Crippen molar-refractivity contribution in [1.29, 1.82) is 0 Å². The normalized spacial score (nSPS) is 33.6. The number of hydrogen-bond acceptors (Lipinski definition) is 2. The lowest BCUT2D eigenvalue weighted by Gasteiger charge is -2.47. The van der Waals surface area contributed by atoms with Crippen molar-refractivity contribution in [2.24, 2.45) is 11.3 Å². The summed E-state index contributed by atoms with van der Waals surface area (Å²) in [6.07, 6.45) is 11.5. The molecule has 0 aromatic heterocycles. The number of carbonyl (C=O) groups is 1. The van der Waals surface area contributed by atoms with Gasteiger partial charge in [0.25, 0.3) is 0 Å². The molecule has 3 nitrogen and oxygen atoms in total. The van der Waals surface area contributed by atoms with Gasteiger partial charge in [0.05, 0.1) is 11.5 Å². The van der Waals surface area contributed by atoms with E-state index in [0.29, 0.717) is 23.5 Å². The van der Waals surface area contributed by atoms with Gasteiger partial charge >= 0.3 is 0 Å². The third-order valence-electron chi connectivity index (χ3n) is 8.52. The Bertz CT molecular complexity index is 767. The molecule has 0 radical (unpaired) electrons. The highest BCUT2D eigenvalue weighted by Gasteiger charge is 2.48. The van der Waals surface area contributed by atoms with Crippen LogP contribution in [0.3, 0.4) is 0 Å². The Kier molecular flexibility index (Phi) is 6.05. The van der Waals surface area contributed by atoms with Crippen LogP contribution >= 0.6 is 0 Å². The van der Waals surface area contributed by atoms with Crippen LogP contribution in [0.15, 0.2) is 18.2 Å². The monoisotopic (exact) mass is 411 g/mol. The molecule has 3 aliphatic rings. The van der Waals surface area contributed by atoms with Gasteiger partial charge in [0, 0.05) is 18.3 Å². The van der Waals surface area contributed by atoms with Crippen LogP contribution in [-0.2, 0) is 14.9 Å². The van der Waals surface area contributed by atoms with E-state index in [1.165, 1.54) is 55.3 Å². The third-order valence-corrected chi connectivity index (χ3v) is 8.52. The predicted molar refractivity (Wildman–Crippen MR) is 124 cm³/mol. The number of anilines is 1. The number of amides is 1. The number of hydrogen-bond donors (Lipinski definition) is 0. The summed E-state index contributed by atoms with van der Waals surface area (Å²) >= 11 is 0. The van der Waals surface area contributed by atoms with Crippen LogP contribution in [0.2, 0.25) is 0 Å². The van der Waals surface area contributed by atoms with E-state index < -0.39 is 5.41 Å². The van der Waals surface area contributed by atoms with Crippen molar-refractivity contribution >= 4 is 11.6 Å². The molecule has 0 unspecified atom stereocenters. The highest BCUT2D eigenvalue weighted by atomic mass is 16.5. The number of aryl methyl sites for hydroxylation is 1. The fraction of sp³-hybridized carbons (Fsp3) is 0.741. The molecular weight excluding hydrogens is 370 g/mol. The first-order valence-corrected chi connectivity index (χ1v) is 12.3. The quantitative estimate of drug-likeness (QED) is 0.549. The Morgan fingerprint density at radius 1 is 1.03 bits per heavy atom. The summed E-state index contributed by atoms with van der Waals surface area (Å²) in [4.78, 5) is 15.6. The predicted octanol–water partition coefficient (Wildman–Crippen LogP) is 6.55. The molecule has 2 fully saturated rings. The summed E-state index contributed by atoms with van der Waals surface area (Å²) in [5.41, 5.74) is 3.68. The molecule has 0 saturated heterocycles. The molecule has 1 aliphatic heterocycles. The smallest absolute Gasteiger partial charge is 0.237 e. The highest BCUT2D eigenvalue weighted by Crippen LogP contribution is 2.51. The summed E-state index contributed by atoms with van der Waals surface area (Å²) < 4.78 is 6.03. The molecular formula is C27H41NO2. The van der Waals surface area contributed by atoms with Crippen molar-refractivity contribution in [2.45, 2.75) is 110 Å². The second-order valence-electron chi connectivity index (χ2n) is 11.1. The first-order valence-electron chi connectivity index (χ1n) is 12.3. The minimum Gasteiger partial charge on any atom is -0.378 e. The molecule has 2 aliphatic carbocycles. The van der Waals surface area contributed by atoms with E-state index in [0.717, 1.165) is 31.8 Å². The zero-order valence-electron chi connectivity index (χ0n) is 19.8. The molecule has 1 amide bonds. The lowest BCUT2D eigenvalue weighted by Crippen LogP contribution is -2.46. The van der Waals surface area contributed by atoms with E-state index >= 15 is 0 Å². The van der Waals surface area contributed by atoms with E-state index in [1.807, 2.05) is 0 Å². The average molecular weight is 412 g/mol. The largest absolute Gasteiger partial charge is 0.378 e. The van der Waals surface area contributed by atoms with Crippen LogP contribution in [0.4, 0.5) is 5.69 Å². The Hall–Kier alpha value is -1.35. The molecule has 3 heteroatoms. The number of fused-ring (bicyclic) bond motifs is 1. The zero-order chi connectivity index (χ0) is 21.5. The fourth-order valence-electron chi connectivity index (χ4n) is 6.40. The van der Waals surface area contributed by atoms with Gasteiger partial charge in [-0.15, -0.1) is 0 Å². The first kappa shape index (κ1) is 21.9. The van der Waals surface area contributed by atoms with Crippen LogP contribution in [0.1, 0.15) is 96.6 Å². The van der Waals surface area contributed by atoms with Crippen molar-refractivity contribution in [3.63, 3.8) is 0 Å². The summed E-state index contributed by atoms with van der Waals surface area (Å²) in [5, 5.41) is 0. The summed E-state index contributed by atoms with van der Waals surface area (Å²) in [7, 11) is 0. The SMILES string of the molecule is CCCO[C@H]1CC[C@](C)(C2CCC(N3C(=O)C(C)(C)c4ccc(C)cc43)CC2)CC1. The van der Waals surface area contributed by atoms with E-state index in [1.54, 1.807) is 0 Å². The molecule has 0 spiro atoms. The lowest BCUT2D eigenvalue weighted by atomic mass is 9.62. The molecule has 1 aromatic rings. The van der Waals surface area contributed by atoms with Gasteiger partial charge in [-0.2, -0.15) is 0 Å². The van der Waals surface area contributed by atoms with Crippen LogP contribution < -0.4 is 4.90 Å². The Labute approximate surface area is 183 Å². The number of benzene rings is 1. The topological polar surface area (TPSA) is 29.5 Å².